The number of aliphatic imine (C=N–C) groups is 1. The summed E-state index contributed by atoms with van der Waals surface area (Å²) in [4.78, 5) is 11.1. The number of nitrogens with one attached hydrogen (secondary N) is 1. The van der Waals surface area contributed by atoms with Gasteiger partial charge in [0.15, 0.2) is 5.96 Å². The van der Waals surface area contributed by atoms with Crippen molar-refractivity contribution in [1.82, 2.24) is 15.2 Å². The summed E-state index contributed by atoms with van der Waals surface area (Å²) >= 11 is 0. The van der Waals surface area contributed by atoms with Gasteiger partial charge in [0.05, 0.1) is 26.0 Å². The van der Waals surface area contributed by atoms with Gasteiger partial charge in [0.25, 0.3) is 0 Å². The van der Waals surface area contributed by atoms with Crippen LogP contribution in [-0.2, 0) is 11.3 Å². The van der Waals surface area contributed by atoms with Crippen LogP contribution in [0.15, 0.2) is 23.2 Å². The first-order valence-corrected chi connectivity index (χ1v) is 8.30. The maximum Gasteiger partial charge on any atom is 0.213 e. The third-order valence-electron chi connectivity index (χ3n) is 3.70. The van der Waals surface area contributed by atoms with E-state index in [1.54, 1.807) is 7.11 Å². The summed E-state index contributed by atoms with van der Waals surface area (Å²) in [7, 11) is 3.65. The van der Waals surface area contributed by atoms with Crippen LogP contribution in [0.5, 0.6) is 5.88 Å². The zero-order valence-corrected chi connectivity index (χ0v) is 17.2. The lowest BCUT2D eigenvalue weighted by Gasteiger charge is -2.22. The van der Waals surface area contributed by atoms with E-state index in [-0.39, 0.29) is 24.0 Å². The number of pyridine rings is 1. The second-order valence-corrected chi connectivity index (χ2v) is 5.78. The minimum atomic E-state index is 0. The highest BCUT2D eigenvalue weighted by Crippen LogP contribution is 2.28. The van der Waals surface area contributed by atoms with E-state index >= 15 is 0 Å². The molecule has 136 valence electrons. The second-order valence-electron chi connectivity index (χ2n) is 5.78. The van der Waals surface area contributed by atoms with Crippen LogP contribution in [0.2, 0.25) is 0 Å². The van der Waals surface area contributed by atoms with E-state index in [4.69, 9.17) is 9.47 Å². The minimum absolute atomic E-state index is 0. The first-order chi connectivity index (χ1) is 11.2. The Kier molecular flexibility index (Phi) is 10.0. The molecule has 2 rings (SSSR count). The molecule has 0 spiro atoms. The molecule has 0 unspecified atom stereocenters. The average Bonchev–Trinajstić information content (AvgIpc) is 3.39. The van der Waals surface area contributed by atoms with Crippen LogP contribution in [0.3, 0.4) is 0 Å². The highest BCUT2D eigenvalue weighted by molar-refractivity contribution is 14.0. The van der Waals surface area contributed by atoms with Gasteiger partial charge >= 0.3 is 0 Å². The van der Waals surface area contributed by atoms with Crippen molar-refractivity contribution >= 4 is 29.9 Å². The molecule has 1 aliphatic rings. The smallest absolute Gasteiger partial charge is 0.213 e. The van der Waals surface area contributed by atoms with E-state index < -0.39 is 0 Å². The lowest BCUT2D eigenvalue weighted by atomic mass is 10.3. The summed E-state index contributed by atoms with van der Waals surface area (Å²) in [5.41, 5.74) is 0.887. The summed E-state index contributed by atoms with van der Waals surface area (Å²) in [5.74, 6) is 2.29. The molecule has 6 nitrogen and oxygen atoms in total. The molecule has 1 fully saturated rings. The maximum absolute atomic E-state index is 5.70. The molecule has 1 aliphatic carbocycles. The van der Waals surface area contributed by atoms with E-state index in [1.807, 2.05) is 25.2 Å². The number of guanidine groups is 1. The lowest BCUT2D eigenvalue weighted by Crippen LogP contribution is -2.40. The molecule has 24 heavy (non-hydrogen) atoms. The number of hydrogen-bond acceptors (Lipinski definition) is 4. The number of likely N-dealkylation sites (N-methyl/N-ethyl adjacent to an activating group) is 1. The fourth-order valence-corrected chi connectivity index (χ4v) is 2.13. The van der Waals surface area contributed by atoms with Crippen LogP contribution < -0.4 is 10.1 Å². The Morgan fingerprint density at radius 3 is 2.88 bits per heavy atom. The molecule has 1 saturated carbocycles. The van der Waals surface area contributed by atoms with Crippen LogP contribution in [0, 0.1) is 5.92 Å². The van der Waals surface area contributed by atoms with Gasteiger partial charge in [0.2, 0.25) is 5.88 Å². The minimum Gasteiger partial charge on any atom is -0.481 e. The summed E-state index contributed by atoms with van der Waals surface area (Å²) in [6, 6.07) is 5.72. The molecule has 0 bridgehead atoms. The van der Waals surface area contributed by atoms with Crippen molar-refractivity contribution < 1.29 is 9.47 Å². The lowest BCUT2D eigenvalue weighted by molar-refractivity contribution is 0.115. The third-order valence-corrected chi connectivity index (χ3v) is 3.70. The van der Waals surface area contributed by atoms with E-state index in [2.05, 4.69) is 27.1 Å². The summed E-state index contributed by atoms with van der Waals surface area (Å²) in [6.07, 6.45) is 2.65. The summed E-state index contributed by atoms with van der Waals surface area (Å²) in [5, 5.41) is 3.30. The molecule has 1 heterocycles. The van der Waals surface area contributed by atoms with Crippen molar-refractivity contribution in [2.24, 2.45) is 10.9 Å². The van der Waals surface area contributed by atoms with Gasteiger partial charge in [-0.25, -0.2) is 9.98 Å². The van der Waals surface area contributed by atoms with Crippen molar-refractivity contribution in [3.05, 3.63) is 23.9 Å². The second kappa shape index (κ2) is 11.5. The number of hydrogen-bond donors (Lipinski definition) is 1. The van der Waals surface area contributed by atoms with Gasteiger partial charge in [0, 0.05) is 32.8 Å². The topological polar surface area (TPSA) is 59.0 Å². The van der Waals surface area contributed by atoms with Crippen LogP contribution in [0.4, 0.5) is 0 Å². The molecule has 0 radical (unpaired) electrons. The summed E-state index contributed by atoms with van der Waals surface area (Å²) in [6.45, 7) is 5.87. The molecule has 0 atom stereocenters. The van der Waals surface area contributed by atoms with E-state index in [1.165, 1.54) is 12.8 Å². The zero-order valence-electron chi connectivity index (χ0n) is 14.8. The quantitative estimate of drug-likeness (QED) is 0.272. The van der Waals surface area contributed by atoms with Crippen LogP contribution >= 0.6 is 24.0 Å². The van der Waals surface area contributed by atoms with Gasteiger partial charge in [-0.3, -0.25) is 0 Å². The van der Waals surface area contributed by atoms with Crippen molar-refractivity contribution in [2.45, 2.75) is 26.3 Å². The zero-order chi connectivity index (χ0) is 16.5. The van der Waals surface area contributed by atoms with Gasteiger partial charge in [-0.2, -0.15) is 0 Å². The highest BCUT2D eigenvalue weighted by atomic mass is 127. The normalized spacial score (nSPS) is 14.0. The maximum atomic E-state index is 5.70. The Bertz CT molecular complexity index is 509. The molecule has 0 amide bonds. The first-order valence-electron chi connectivity index (χ1n) is 8.30. The number of rotatable bonds is 9. The first kappa shape index (κ1) is 21.0. The molecule has 0 aromatic carbocycles. The molecule has 7 heteroatoms. The Morgan fingerprint density at radius 1 is 1.42 bits per heavy atom. The van der Waals surface area contributed by atoms with Gasteiger partial charge in [-0.05, 0) is 31.7 Å². The van der Waals surface area contributed by atoms with Crippen LogP contribution in [0.25, 0.3) is 0 Å². The highest BCUT2D eigenvalue weighted by Gasteiger charge is 2.21. The van der Waals surface area contributed by atoms with Gasteiger partial charge in [-0.15, -0.1) is 24.0 Å². The molecule has 0 saturated heterocycles. The summed E-state index contributed by atoms with van der Waals surface area (Å²) < 4.78 is 10.8. The van der Waals surface area contributed by atoms with Crippen molar-refractivity contribution in [3.8, 4) is 5.88 Å². The fourth-order valence-electron chi connectivity index (χ4n) is 2.13. The van der Waals surface area contributed by atoms with Crippen molar-refractivity contribution in [3.63, 3.8) is 0 Å². The SMILES string of the molecule is CCNC(=NCc1cccc(OC)n1)N(C)CCOCC1CC1.I. The number of methoxy groups -OCH3 is 1. The van der Waals surface area contributed by atoms with Crippen molar-refractivity contribution in [1.29, 1.82) is 0 Å². The Labute approximate surface area is 162 Å². The predicted molar refractivity (Wildman–Crippen MR) is 107 cm³/mol. The predicted octanol–water partition coefficient (Wildman–Crippen LogP) is 2.53. The largest absolute Gasteiger partial charge is 0.481 e. The van der Waals surface area contributed by atoms with Crippen molar-refractivity contribution in [2.75, 3.05) is 40.5 Å². The fraction of sp³-hybridized carbons (Fsp3) is 0.647. The standard InChI is InChI=1S/C17H28N4O2.HI/c1-4-18-17(21(2)10-11-23-13-14-8-9-14)19-12-15-6-5-7-16(20-15)22-3;/h5-7,14H,4,8-13H2,1-3H3,(H,18,19);1H. The Balaban J connectivity index is 0.00000288. The Hall–Kier alpha value is -1.09. The van der Waals surface area contributed by atoms with Crippen LogP contribution in [-0.4, -0.2) is 56.3 Å². The monoisotopic (exact) mass is 448 g/mol. The van der Waals surface area contributed by atoms with E-state index in [0.29, 0.717) is 12.4 Å². The van der Waals surface area contributed by atoms with E-state index in [0.717, 1.165) is 43.9 Å². The van der Waals surface area contributed by atoms with E-state index in [9.17, 15) is 0 Å². The van der Waals surface area contributed by atoms with Crippen LogP contribution in [0.1, 0.15) is 25.5 Å². The van der Waals surface area contributed by atoms with Gasteiger partial charge in [-0.1, -0.05) is 6.07 Å². The average molecular weight is 448 g/mol. The third kappa shape index (κ3) is 7.65. The number of nitrogens with zero attached hydrogens (tertiary/aromatic N) is 3. The number of ether oxygens (including phenoxy) is 2. The molecule has 1 aromatic heterocycles. The molecular formula is C17H29IN4O2. The molecular weight excluding hydrogens is 419 g/mol. The number of aromatic nitrogens is 1. The number of halogens is 1. The molecule has 1 aromatic rings. The van der Waals surface area contributed by atoms with Gasteiger partial charge in [0.1, 0.15) is 0 Å². The Morgan fingerprint density at radius 2 is 2.21 bits per heavy atom. The molecule has 1 N–H and O–H groups in total. The molecule has 0 aliphatic heterocycles. The van der Waals surface area contributed by atoms with Gasteiger partial charge < -0.3 is 19.7 Å².